The van der Waals surface area contributed by atoms with Gasteiger partial charge in [0.15, 0.2) is 0 Å². The van der Waals surface area contributed by atoms with Crippen LogP contribution < -0.4 is 4.72 Å². The van der Waals surface area contributed by atoms with E-state index in [0.717, 1.165) is 16.3 Å². The Hall–Kier alpha value is -2.96. The third-order valence-electron chi connectivity index (χ3n) is 4.60. The van der Waals surface area contributed by atoms with E-state index in [-0.39, 0.29) is 17.1 Å². The predicted molar refractivity (Wildman–Crippen MR) is 114 cm³/mol. The van der Waals surface area contributed by atoms with E-state index in [9.17, 15) is 13.2 Å². The van der Waals surface area contributed by atoms with E-state index in [1.807, 2.05) is 43.3 Å². The van der Waals surface area contributed by atoms with Gasteiger partial charge < -0.3 is 4.74 Å². The summed E-state index contributed by atoms with van der Waals surface area (Å²) in [5.41, 5.74) is 1.58. The lowest BCUT2D eigenvalue weighted by Gasteiger charge is -2.21. The molecule has 1 unspecified atom stereocenters. The molecule has 0 aromatic heterocycles. The van der Waals surface area contributed by atoms with Crippen LogP contribution in [0.5, 0.6) is 0 Å². The SMILES string of the molecule is C=C(C(=O)OCC)C(NS(=O)(=O)c1ccc(C)cc1)c1ccc2ccccc2c1. The predicted octanol–water partition coefficient (Wildman–Crippen LogP) is 4.29. The van der Waals surface area contributed by atoms with E-state index in [4.69, 9.17) is 4.74 Å². The standard InChI is InChI=1S/C23H23NO4S/c1-4-28-23(25)17(3)22(20-12-11-18-7-5-6-8-19(18)15-20)24-29(26,27)21-13-9-16(2)10-14-21/h5-15,22,24H,3-4H2,1-2H3. The summed E-state index contributed by atoms with van der Waals surface area (Å²) >= 11 is 0. The lowest BCUT2D eigenvalue weighted by Crippen LogP contribution is -2.32. The van der Waals surface area contributed by atoms with Crippen molar-refractivity contribution in [3.05, 3.63) is 90.0 Å². The number of hydrogen-bond acceptors (Lipinski definition) is 4. The molecule has 3 aromatic carbocycles. The molecule has 1 N–H and O–H groups in total. The second kappa shape index (κ2) is 8.59. The Labute approximate surface area is 171 Å². The average Bonchev–Trinajstić information content (AvgIpc) is 2.71. The number of ether oxygens (including phenoxy) is 1. The van der Waals surface area contributed by atoms with Crippen molar-refractivity contribution in [3.8, 4) is 0 Å². The zero-order valence-electron chi connectivity index (χ0n) is 16.4. The first kappa shape index (κ1) is 20.8. The van der Waals surface area contributed by atoms with Crippen molar-refractivity contribution in [1.82, 2.24) is 4.72 Å². The van der Waals surface area contributed by atoms with E-state index >= 15 is 0 Å². The Morgan fingerprint density at radius 1 is 1.03 bits per heavy atom. The Morgan fingerprint density at radius 3 is 2.34 bits per heavy atom. The Bertz CT molecular complexity index is 1150. The van der Waals surface area contributed by atoms with Gasteiger partial charge in [-0.15, -0.1) is 0 Å². The minimum absolute atomic E-state index is 0.0258. The molecule has 0 aliphatic heterocycles. The van der Waals surface area contributed by atoms with Gasteiger partial charge in [0.1, 0.15) is 0 Å². The number of fused-ring (bicyclic) bond motifs is 1. The summed E-state index contributed by atoms with van der Waals surface area (Å²) in [4.78, 5) is 12.4. The van der Waals surface area contributed by atoms with Gasteiger partial charge in [0, 0.05) is 0 Å². The fraction of sp³-hybridized carbons (Fsp3) is 0.174. The van der Waals surface area contributed by atoms with Crippen LogP contribution in [0.3, 0.4) is 0 Å². The van der Waals surface area contributed by atoms with Crippen LogP contribution in [0.4, 0.5) is 0 Å². The Balaban J connectivity index is 2.03. The summed E-state index contributed by atoms with van der Waals surface area (Å²) in [5.74, 6) is -0.641. The maximum atomic E-state index is 13.0. The van der Waals surface area contributed by atoms with Gasteiger partial charge in [-0.3, -0.25) is 0 Å². The number of esters is 1. The van der Waals surface area contributed by atoms with E-state index in [0.29, 0.717) is 5.56 Å². The Morgan fingerprint density at radius 2 is 1.69 bits per heavy atom. The van der Waals surface area contributed by atoms with Crippen LogP contribution in [0.2, 0.25) is 0 Å². The topological polar surface area (TPSA) is 72.5 Å². The molecular formula is C23H23NO4S. The van der Waals surface area contributed by atoms with Gasteiger partial charge in [-0.1, -0.05) is 60.7 Å². The summed E-state index contributed by atoms with van der Waals surface area (Å²) < 4.78 is 33.6. The molecular weight excluding hydrogens is 386 g/mol. The summed E-state index contributed by atoms with van der Waals surface area (Å²) in [6.45, 7) is 7.56. The molecule has 0 amide bonds. The average molecular weight is 410 g/mol. The molecule has 0 fully saturated rings. The van der Waals surface area contributed by atoms with Crippen LogP contribution >= 0.6 is 0 Å². The van der Waals surface area contributed by atoms with Crippen molar-refractivity contribution in [2.24, 2.45) is 0 Å². The van der Waals surface area contributed by atoms with Crippen LogP contribution in [0, 0.1) is 6.92 Å². The highest BCUT2D eigenvalue weighted by atomic mass is 32.2. The van der Waals surface area contributed by atoms with Crippen LogP contribution in [0.15, 0.2) is 83.8 Å². The highest BCUT2D eigenvalue weighted by Crippen LogP contribution is 2.27. The number of nitrogens with one attached hydrogen (secondary N) is 1. The molecule has 0 aliphatic carbocycles. The second-order valence-electron chi connectivity index (χ2n) is 6.72. The smallest absolute Gasteiger partial charge is 0.335 e. The molecule has 0 spiro atoms. The third-order valence-corrected chi connectivity index (χ3v) is 6.04. The van der Waals surface area contributed by atoms with E-state index in [1.165, 1.54) is 12.1 Å². The quantitative estimate of drug-likeness (QED) is 0.467. The number of benzene rings is 3. The minimum atomic E-state index is -3.89. The molecule has 1 atom stereocenters. The highest BCUT2D eigenvalue weighted by molar-refractivity contribution is 7.89. The van der Waals surface area contributed by atoms with Crippen LogP contribution in [-0.4, -0.2) is 21.0 Å². The molecule has 0 bridgehead atoms. The monoisotopic (exact) mass is 409 g/mol. The summed E-state index contributed by atoms with van der Waals surface area (Å²) in [6, 6.07) is 18.8. The van der Waals surface area contributed by atoms with Crippen molar-refractivity contribution < 1.29 is 17.9 Å². The molecule has 0 heterocycles. The minimum Gasteiger partial charge on any atom is -0.463 e. The zero-order chi connectivity index (χ0) is 21.0. The van der Waals surface area contributed by atoms with Crippen LogP contribution in [-0.2, 0) is 19.6 Å². The third kappa shape index (κ3) is 4.72. The first-order valence-corrected chi connectivity index (χ1v) is 10.7. The van der Waals surface area contributed by atoms with Crippen LogP contribution in [0.25, 0.3) is 10.8 Å². The number of aryl methyl sites for hydroxylation is 1. The number of sulfonamides is 1. The van der Waals surface area contributed by atoms with Crippen molar-refractivity contribution >= 4 is 26.8 Å². The summed E-state index contributed by atoms with van der Waals surface area (Å²) in [7, 11) is -3.89. The number of carbonyl (C=O) groups excluding carboxylic acids is 1. The van der Waals surface area contributed by atoms with Crippen molar-refractivity contribution in [2.45, 2.75) is 24.8 Å². The first-order chi connectivity index (χ1) is 13.8. The Kier molecular flexibility index (Phi) is 6.15. The highest BCUT2D eigenvalue weighted by Gasteiger charge is 2.28. The number of hydrogen-bond donors (Lipinski definition) is 1. The van der Waals surface area contributed by atoms with E-state index in [2.05, 4.69) is 11.3 Å². The molecule has 6 heteroatoms. The van der Waals surface area contributed by atoms with Gasteiger partial charge in [0.05, 0.1) is 23.1 Å². The van der Waals surface area contributed by atoms with Gasteiger partial charge in [-0.25, -0.2) is 13.2 Å². The normalized spacial score (nSPS) is 12.5. The largest absolute Gasteiger partial charge is 0.463 e. The second-order valence-corrected chi connectivity index (χ2v) is 8.43. The fourth-order valence-corrected chi connectivity index (χ4v) is 4.23. The van der Waals surface area contributed by atoms with Gasteiger partial charge in [-0.05, 0) is 48.4 Å². The molecule has 150 valence electrons. The van der Waals surface area contributed by atoms with Crippen molar-refractivity contribution in [3.63, 3.8) is 0 Å². The van der Waals surface area contributed by atoms with Gasteiger partial charge in [0.2, 0.25) is 10.0 Å². The number of rotatable bonds is 7. The lowest BCUT2D eigenvalue weighted by molar-refractivity contribution is -0.138. The molecule has 3 aromatic rings. The maximum Gasteiger partial charge on any atom is 0.335 e. The fourth-order valence-electron chi connectivity index (χ4n) is 3.01. The maximum absolute atomic E-state index is 13.0. The van der Waals surface area contributed by atoms with Gasteiger partial charge in [0.25, 0.3) is 0 Å². The van der Waals surface area contributed by atoms with Crippen molar-refractivity contribution in [1.29, 1.82) is 0 Å². The molecule has 5 nitrogen and oxygen atoms in total. The van der Waals surface area contributed by atoms with E-state index in [1.54, 1.807) is 25.1 Å². The molecule has 0 radical (unpaired) electrons. The molecule has 0 saturated carbocycles. The lowest BCUT2D eigenvalue weighted by atomic mass is 9.98. The first-order valence-electron chi connectivity index (χ1n) is 9.25. The van der Waals surface area contributed by atoms with Gasteiger partial charge >= 0.3 is 5.97 Å². The molecule has 3 rings (SSSR count). The van der Waals surface area contributed by atoms with Gasteiger partial charge in [-0.2, -0.15) is 4.72 Å². The molecule has 29 heavy (non-hydrogen) atoms. The van der Waals surface area contributed by atoms with Crippen LogP contribution in [0.1, 0.15) is 24.1 Å². The molecule has 0 saturated heterocycles. The van der Waals surface area contributed by atoms with Crippen molar-refractivity contribution in [2.75, 3.05) is 6.61 Å². The summed E-state index contributed by atoms with van der Waals surface area (Å²) in [5, 5.41) is 1.94. The molecule has 0 aliphatic rings. The van der Waals surface area contributed by atoms with E-state index < -0.39 is 22.0 Å². The zero-order valence-corrected chi connectivity index (χ0v) is 17.2. The summed E-state index contributed by atoms with van der Waals surface area (Å²) in [6.07, 6.45) is 0. The number of carbonyl (C=O) groups is 1.